The van der Waals surface area contributed by atoms with Crippen LogP contribution in [0.5, 0.6) is 0 Å². The van der Waals surface area contributed by atoms with Crippen molar-refractivity contribution in [3.8, 4) is 0 Å². The molecule has 2 aromatic rings. The van der Waals surface area contributed by atoms with E-state index in [0.29, 0.717) is 25.3 Å². The lowest BCUT2D eigenvalue weighted by atomic mass is 10.1. The number of aromatic nitrogens is 3. The van der Waals surface area contributed by atoms with Crippen LogP contribution in [0.1, 0.15) is 17.0 Å². The van der Waals surface area contributed by atoms with Crippen LogP contribution in [0.15, 0.2) is 23.1 Å². The molecule has 0 saturated carbocycles. The molecule has 0 aliphatic carbocycles. The molecular weight excluding hydrogens is 335 g/mol. The first-order valence-corrected chi connectivity index (χ1v) is 9.07. The van der Waals surface area contributed by atoms with Crippen LogP contribution < -0.4 is 4.72 Å². The lowest BCUT2D eigenvalue weighted by Gasteiger charge is -2.15. The first-order chi connectivity index (χ1) is 11.4. The van der Waals surface area contributed by atoms with Crippen molar-refractivity contribution in [3.05, 3.63) is 41.0 Å². The molecule has 0 radical (unpaired) electrons. The number of benzene rings is 1. The molecule has 0 unspecified atom stereocenters. The first kappa shape index (κ1) is 17.0. The summed E-state index contributed by atoms with van der Waals surface area (Å²) in [5, 5.41) is 8.05. The fraction of sp³-hybridized carbons (Fsp3) is 0.467. The van der Waals surface area contributed by atoms with Gasteiger partial charge in [0.25, 0.3) is 0 Å². The smallest absolute Gasteiger partial charge is 0.240 e. The second-order valence-electron chi connectivity index (χ2n) is 5.95. The number of halogens is 1. The van der Waals surface area contributed by atoms with Crippen LogP contribution in [0.4, 0.5) is 4.39 Å². The molecule has 0 saturated heterocycles. The number of aryl methyl sites for hydroxylation is 2. The van der Waals surface area contributed by atoms with E-state index in [1.807, 2.05) is 6.92 Å². The van der Waals surface area contributed by atoms with Gasteiger partial charge in [-0.2, -0.15) is 0 Å². The predicted octanol–water partition coefficient (Wildman–Crippen LogP) is 1.16. The van der Waals surface area contributed by atoms with Gasteiger partial charge in [-0.3, -0.25) is 0 Å². The summed E-state index contributed by atoms with van der Waals surface area (Å²) in [6, 6.07) is 3.87. The van der Waals surface area contributed by atoms with Crippen LogP contribution in [-0.2, 0) is 27.9 Å². The number of rotatable bonds is 4. The molecule has 1 aromatic carbocycles. The van der Waals surface area contributed by atoms with Crippen LogP contribution >= 0.6 is 0 Å². The Labute approximate surface area is 139 Å². The third-order valence-electron chi connectivity index (χ3n) is 4.07. The molecule has 1 aliphatic rings. The van der Waals surface area contributed by atoms with Crippen molar-refractivity contribution >= 4 is 10.0 Å². The molecule has 1 aromatic heterocycles. The number of nitrogens with zero attached hydrogens (tertiary/aromatic N) is 3. The Morgan fingerprint density at radius 1 is 1.42 bits per heavy atom. The Kier molecular flexibility index (Phi) is 4.66. The van der Waals surface area contributed by atoms with Gasteiger partial charge in [0.1, 0.15) is 5.82 Å². The highest BCUT2D eigenvalue weighted by Crippen LogP contribution is 2.17. The largest absolute Gasteiger partial charge is 0.375 e. The van der Waals surface area contributed by atoms with Gasteiger partial charge >= 0.3 is 0 Å². The molecule has 2 heterocycles. The number of fused-ring (bicyclic) bond motifs is 1. The second-order valence-corrected chi connectivity index (χ2v) is 7.71. The molecule has 3 rings (SSSR count). The number of sulfonamides is 1. The average Bonchev–Trinajstić information content (AvgIpc) is 2.77. The van der Waals surface area contributed by atoms with E-state index in [2.05, 4.69) is 15.0 Å². The van der Waals surface area contributed by atoms with E-state index >= 15 is 0 Å². The molecule has 0 bridgehead atoms. The van der Waals surface area contributed by atoms with Gasteiger partial charge in [-0.25, -0.2) is 22.2 Å². The molecule has 0 fully saturated rings. The zero-order valence-corrected chi connectivity index (χ0v) is 14.3. The average molecular weight is 354 g/mol. The summed E-state index contributed by atoms with van der Waals surface area (Å²) >= 11 is 0. The standard InChI is InChI=1S/C15H19FN4O3S/c1-10-3-4-13(5-14(10)16)24(21,22)17-6-12-7-20-15(9-23-8-12)11(2)18-19-20/h3-5,12,17H,6-9H2,1-2H3/t12-/m1/s1. The van der Waals surface area contributed by atoms with Crippen LogP contribution in [0, 0.1) is 25.6 Å². The number of nitrogens with one attached hydrogen (secondary N) is 1. The van der Waals surface area contributed by atoms with Gasteiger partial charge in [0, 0.05) is 19.0 Å². The lowest BCUT2D eigenvalue weighted by Crippen LogP contribution is -2.33. The summed E-state index contributed by atoms with van der Waals surface area (Å²) in [7, 11) is -3.77. The molecule has 7 nitrogen and oxygen atoms in total. The Morgan fingerprint density at radius 2 is 2.21 bits per heavy atom. The Bertz CT molecular complexity index is 850. The monoisotopic (exact) mass is 354 g/mol. The molecule has 1 aliphatic heterocycles. The van der Waals surface area contributed by atoms with Crippen molar-refractivity contribution in [2.75, 3.05) is 13.2 Å². The molecule has 1 atom stereocenters. The molecule has 0 amide bonds. The van der Waals surface area contributed by atoms with Crippen molar-refractivity contribution in [1.29, 1.82) is 0 Å². The van der Waals surface area contributed by atoms with E-state index < -0.39 is 15.8 Å². The van der Waals surface area contributed by atoms with Gasteiger partial charge in [0.15, 0.2) is 0 Å². The van der Waals surface area contributed by atoms with Gasteiger partial charge in [-0.05, 0) is 31.5 Å². The maximum absolute atomic E-state index is 13.6. The number of hydrogen-bond acceptors (Lipinski definition) is 5. The van der Waals surface area contributed by atoms with Gasteiger partial charge < -0.3 is 4.74 Å². The third-order valence-corrected chi connectivity index (χ3v) is 5.49. The third kappa shape index (κ3) is 3.47. The number of hydrogen-bond donors (Lipinski definition) is 1. The summed E-state index contributed by atoms with van der Waals surface area (Å²) < 4.78 is 48.1. The molecular formula is C15H19FN4O3S. The fourth-order valence-electron chi connectivity index (χ4n) is 2.54. The predicted molar refractivity (Wildman–Crippen MR) is 84.2 cm³/mol. The van der Waals surface area contributed by atoms with Gasteiger partial charge in [0.05, 0.1) is 29.5 Å². The number of ether oxygens (including phenoxy) is 1. The van der Waals surface area contributed by atoms with Crippen molar-refractivity contribution in [2.24, 2.45) is 5.92 Å². The van der Waals surface area contributed by atoms with Gasteiger partial charge in [0.2, 0.25) is 10.0 Å². The molecule has 0 spiro atoms. The highest BCUT2D eigenvalue weighted by Gasteiger charge is 2.23. The summed E-state index contributed by atoms with van der Waals surface area (Å²) in [6.07, 6.45) is 0. The minimum Gasteiger partial charge on any atom is -0.375 e. The molecule has 9 heteroatoms. The second kappa shape index (κ2) is 6.58. The van der Waals surface area contributed by atoms with Crippen molar-refractivity contribution in [1.82, 2.24) is 19.7 Å². The first-order valence-electron chi connectivity index (χ1n) is 7.59. The SMILES string of the molecule is Cc1ccc(S(=O)(=O)NC[C@H]2COCc3c(C)nnn3C2)cc1F. The zero-order chi connectivity index (χ0) is 17.3. The van der Waals surface area contributed by atoms with Crippen LogP contribution in [0.3, 0.4) is 0 Å². The summed E-state index contributed by atoms with van der Waals surface area (Å²) in [4.78, 5) is -0.0857. The Hall–Kier alpha value is -1.84. The van der Waals surface area contributed by atoms with E-state index in [4.69, 9.17) is 4.74 Å². The maximum Gasteiger partial charge on any atom is 0.240 e. The van der Waals surface area contributed by atoms with Crippen LogP contribution in [0.2, 0.25) is 0 Å². The zero-order valence-electron chi connectivity index (χ0n) is 13.5. The Morgan fingerprint density at radius 3 is 2.96 bits per heavy atom. The lowest BCUT2D eigenvalue weighted by molar-refractivity contribution is 0.0954. The quantitative estimate of drug-likeness (QED) is 0.890. The van der Waals surface area contributed by atoms with Crippen LogP contribution in [-0.4, -0.2) is 36.6 Å². The van der Waals surface area contributed by atoms with Gasteiger partial charge in [-0.15, -0.1) is 5.10 Å². The minimum atomic E-state index is -3.77. The van der Waals surface area contributed by atoms with Crippen molar-refractivity contribution < 1.29 is 17.5 Å². The molecule has 1 N–H and O–H groups in total. The topological polar surface area (TPSA) is 86.1 Å². The van der Waals surface area contributed by atoms with Gasteiger partial charge in [-0.1, -0.05) is 11.3 Å². The normalized spacial score (nSPS) is 18.2. The highest BCUT2D eigenvalue weighted by atomic mass is 32.2. The summed E-state index contributed by atoms with van der Waals surface area (Å²) in [5.41, 5.74) is 2.12. The summed E-state index contributed by atoms with van der Waals surface area (Å²) in [6.45, 7) is 4.95. The van der Waals surface area contributed by atoms with E-state index in [-0.39, 0.29) is 17.4 Å². The van der Waals surface area contributed by atoms with Crippen LogP contribution in [0.25, 0.3) is 0 Å². The fourth-order valence-corrected chi connectivity index (χ4v) is 3.67. The van der Waals surface area contributed by atoms with Crippen molar-refractivity contribution in [3.63, 3.8) is 0 Å². The molecule has 24 heavy (non-hydrogen) atoms. The highest BCUT2D eigenvalue weighted by molar-refractivity contribution is 7.89. The van der Waals surface area contributed by atoms with Crippen molar-refractivity contribution in [2.45, 2.75) is 31.9 Å². The van der Waals surface area contributed by atoms with E-state index in [0.717, 1.165) is 17.5 Å². The maximum atomic E-state index is 13.6. The van der Waals surface area contributed by atoms with E-state index in [1.54, 1.807) is 11.6 Å². The molecule has 130 valence electrons. The van der Waals surface area contributed by atoms with E-state index in [1.165, 1.54) is 12.1 Å². The minimum absolute atomic E-state index is 0.0857. The Balaban J connectivity index is 1.69. The van der Waals surface area contributed by atoms with E-state index in [9.17, 15) is 12.8 Å². The summed E-state index contributed by atoms with van der Waals surface area (Å²) in [5.74, 6) is -0.629.